The summed E-state index contributed by atoms with van der Waals surface area (Å²) < 4.78 is 0. The van der Waals surface area contributed by atoms with Crippen LogP contribution in [0.1, 0.15) is 78.4 Å². The molecule has 5 atom stereocenters. The van der Waals surface area contributed by atoms with Gasteiger partial charge in [0.05, 0.1) is 0 Å². The van der Waals surface area contributed by atoms with Gasteiger partial charge in [-0.25, -0.2) is 0 Å². The number of nitrogens with one attached hydrogen (secondary N) is 1. The van der Waals surface area contributed by atoms with Crippen molar-refractivity contribution in [1.82, 2.24) is 5.32 Å². The number of aliphatic hydroxyl groups excluding tert-OH is 2. The van der Waals surface area contributed by atoms with E-state index in [1.165, 1.54) is 18.4 Å². The molecule has 32 heavy (non-hydrogen) atoms. The van der Waals surface area contributed by atoms with E-state index >= 15 is 0 Å². The van der Waals surface area contributed by atoms with Crippen LogP contribution in [0.3, 0.4) is 0 Å². The van der Waals surface area contributed by atoms with Gasteiger partial charge in [0.15, 0.2) is 5.78 Å². The molecule has 2 rings (SSSR count). The van der Waals surface area contributed by atoms with Crippen molar-refractivity contribution >= 4 is 11.7 Å². The van der Waals surface area contributed by atoms with E-state index in [9.17, 15) is 19.8 Å². The molecule has 1 aromatic carbocycles. The molecule has 0 aromatic heterocycles. The van der Waals surface area contributed by atoms with Gasteiger partial charge in [-0.15, -0.1) is 0 Å². The third-order valence-electron chi connectivity index (χ3n) is 6.37. The number of carbonyl (C=O) groups excluding carboxylic acids is 2. The zero-order valence-corrected chi connectivity index (χ0v) is 20.1. The maximum Gasteiger partial charge on any atom is 0.259 e. The molecule has 0 fully saturated rings. The van der Waals surface area contributed by atoms with Crippen LogP contribution in [-0.2, 0) is 9.59 Å². The standard InChI is InChI=1S/C27H39NO4/c1-6-17(2)14-19(4)16-20(5)15-18(3)12-13-22(29)23-26(31)24(28-27(23)32)25(30)21-10-8-7-9-11-21/h7-11,16-19,24-25,30-31H,6,12-15H2,1-5H3,(H,28,32)/b20-16+/t17?,18?,19?,24-,25-/m0/s1. The van der Waals surface area contributed by atoms with Gasteiger partial charge in [0.1, 0.15) is 23.5 Å². The summed E-state index contributed by atoms with van der Waals surface area (Å²) in [4.78, 5) is 25.1. The fourth-order valence-corrected chi connectivity index (χ4v) is 4.47. The van der Waals surface area contributed by atoms with E-state index in [0.717, 1.165) is 6.42 Å². The van der Waals surface area contributed by atoms with Gasteiger partial charge in [0, 0.05) is 6.42 Å². The molecule has 1 aliphatic heterocycles. The van der Waals surface area contributed by atoms with Gasteiger partial charge in [-0.1, -0.05) is 76.1 Å². The van der Waals surface area contributed by atoms with E-state index in [1.54, 1.807) is 24.3 Å². The van der Waals surface area contributed by atoms with Gasteiger partial charge in [-0.2, -0.15) is 0 Å². The third kappa shape index (κ3) is 7.06. The number of hydrogen-bond acceptors (Lipinski definition) is 4. The Hall–Kier alpha value is -2.40. The molecule has 1 amide bonds. The highest BCUT2D eigenvalue weighted by Crippen LogP contribution is 2.28. The van der Waals surface area contributed by atoms with Crippen LogP contribution in [-0.4, -0.2) is 27.9 Å². The fraction of sp³-hybridized carbons (Fsp3) is 0.556. The van der Waals surface area contributed by atoms with Crippen LogP contribution in [0.2, 0.25) is 0 Å². The van der Waals surface area contributed by atoms with Crippen LogP contribution >= 0.6 is 0 Å². The normalized spacial score (nSPS) is 20.6. The van der Waals surface area contributed by atoms with Gasteiger partial charge < -0.3 is 15.5 Å². The zero-order chi connectivity index (χ0) is 23.8. The lowest BCUT2D eigenvalue weighted by atomic mass is 9.90. The first-order valence-electron chi connectivity index (χ1n) is 11.8. The smallest absolute Gasteiger partial charge is 0.259 e. The van der Waals surface area contributed by atoms with E-state index in [2.05, 4.69) is 46.0 Å². The first kappa shape index (κ1) is 25.9. The predicted molar refractivity (Wildman–Crippen MR) is 128 cm³/mol. The van der Waals surface area contributed by atoms with Gasteiger partial charge >= 0.3 is 0 Å². The summed E-state index contributed by atoms with van der Waals surface area (Å²) in [6, 6.07) is 7.78. The lowest BCUT2D eigenvalue weighted by Crippen LogP contribution is -2.34. The van der Waals surface area contributed by atoms with Crippen LogP contribution in [0.15, 0.2) is 53.3 Å². The minimum Gasteiger partial charge on any atom is -0.509 e. The number of rotatable bonds is 12. The molecule has 1 heterocycles. The van der Waals surface area contributed by atoms with Crippen molar-refractivity contribution in [2.45, 2.75) is 78.9 Å². The zero-order valence-electron chi connectivity index (χ0n) is 20.1. The molecule has 0 saturated heterocycles. The maximum atomic E-state index is 12.7. The molecule has 0 aliphatic carbocycles. The first-order chi connectivity index (χ1) is 15.1. The maximum absolute atomic E-state index is 12.7. The molecule has 0 bridgehead atoms. The third-order valence-corrected chi connectivity index (χ3v) is 6.37. The van der Waals surface area contributed by atoms with E-state index in [4.69, 9.17) is 0 Å². The number of hydrogen-bond donors (Lipinski definition) is 3. The van der Waals surface area contributed by atoms with Crippen molar-refractivity contribution < 1.29 is 19.8 Å². The highest BCUT2D eigenvalue weighted by atomic mass is 16.3. The van der Waals surface area contributed by atoms with Gasteiger partial charge in [0.2, 0.25) is 0 Å². The number of allylic oxidation sites excluding steroid dienone is 2. The number of aliphatic hydroxyl groups is 2. The summed E-state index contributed by atoms with van der Waals surface area (Å²) in [6.07, 6.45) is 5.32. The van der Waals surface area contributed by atoms with Crippen LogP contribution in [0.25, 0.3) is 0 Å². The summed E-state index contributed by atoms with van der Waals surface area (Å²) in [5.74, 6) is 0.196. The highest BCUT2D eigenvalue weighted by molar-refractivity contribution is 6.21. The fourth-order valence-electron chi connectivity index (χ4n) is 4.47. The molecule has 0 radical (unpaired) electrons. The lowest BCUT2D eigenvalue weighted by molar-refractivity contribution is -0.122. The van der Waals surface area contributed by atoms with Crippen LogP contribution in [0, 0.1) is 17.8 Å². The number of ketones is 1. The molecule has 1 aliphatic rings. The Morgan fingerprint density at radius 2 is 1.81 bits per heavy atom. The van der Waals surface area contributed by atoms with Gasteiger partial charge in [-0.3, -0.25) is 9.59 Å². The minimum absolute atomic E-state index is 0.192. The van der Waals surface area contributed by atoms with Crippen LogP contribution in [0.5, 0.6) is 0 Å². The van der Waals surface area contributed by atoms with E-state index in [1.807, 2.05) is 6.07 Å². The molecule has 0 spiro atoms. The number of Topliss-reactive ketones (excluding diaryl/α,β-unsaturated/α-hetero) is 1. The SMILES string of the molecule is CCC(C)CC(C)/C=C(\C)CC(C)CCC(=O)C1=C(O)[C@H]([C@@H](O)c2ccccc2)NC1=O. The van der Waals surface area contributed by atoms with Crippen molar-refractivity contribution in [3.63, 3.8) is 0 Å². The second-order valence-corrected chi connectivity index (χ2v) is 9.58. The Kier molecular flexibility index (Phi) is 9.70. The second-order valence-electron chi connectivity index (χ2n) is 9.58. The Morgan fingerprint density at radius 3 is 2.44 bits per heavy atom. The molecular formula is C27H39NO4. The monoisotopic (exact) mass is 441 g/mol. The number of amides is 1. The summed E-state index contributed by atoms with van der Waals surface area (Å²) in [6.45, 7) is 11.0. The topological polar surface area (TPSA) is 86.6 Å². The Bertz CT molecular complexity index is 842. The van der Waals surface area contributed by atoms with E-state index in [-0.39, 0.29) is 23.5 Å². The average Bonchev–Trinajstić information content (AvgIpc) is 3.05. The largest absolute Gasteiger partial charge is 0.509 e. The van der Waals surface area contributed by atoms with Crippen molar-refractivity contribution in [2.75, 3.05) is 0 Å². The van der Waals surface area contributed by atoms with E-state index < -0.39 is 18.1 Å². The predicted octanol–water partition coefficient (Wildman–Crippen LogP) is 5.42. The summed E-state index contributed by atoms with van der Waals surface area (Å²) in [5, 5.41) is 23.6. The van der Waals surface area contributed by atoms with Crippen molar-refractivity contribution in [1.29, 1.82) is 0 Å². The Balaban J connectivity index is 1.93. The van der Waals surface area contributed by atoms with Crippen molar-refractivity contribution in [3.8, 4) is 0 Å². The molecule has 5 nitrogen and oxygen atoms in total. The molecule has 176 valence electrons. The van der Waals surface area contributed by atoms with Crippen LogP contribution < -0.4 is 5.32 Å². The lowest BCUT2D eigenvalue weighted by Gasteiger charge is -2.18. The first-order valence-corrected chi connectivity index (χ1v) is 11.8. The second kappa shape index (κ2) is 12.0. The van der Waals surface area contributed by atoms with Gasteiger partial charge in [-0.05, 0) is 49.5 Å². The molecule has 3 N–H and O–H groups in total. The molecule has 0 saturated carbocycles. The van der Waals surface area contributed by atoms with Gasteiger partial charge in [0.25, 0.3) is 5.91 Å². The van der Waals surface area contributed by atoms with E-state index in [0.29, 0.717) is 29.7 Å². The molecule has 1 aromatic rings. The summed E-state index contributed by atoms with van der Waals surface area (Å²) >= 11 is 0. The van der Waals surface area contributed by atoms with Crippen molar-refractivity contribution in [2.24, 2.45) is 17.8 Å². The molecule has 5 heteroatoms. The minimum atomic E-state index is -1.12. The highest BCUT2D eigenvalue weighted by Gasteiger charge is 2.39. The summed E-state index contributed by atoms with van der Waals surface area (Å²) in [5.41, 5.74) is 1.68. The Labute approximate surface area is 192 Å². The Morgan fingerprint density at radius 1 is 1.16 bits per heavy atom. The number of benzene rings is 1. The average molecular weight is 442 g/mol. The molecule has 3 unspecified atom stereocenters. The number of carbonyl (C=O) groups is 2. The molecular weight excluding hydrogens is 402 g/mol. The quantitative estimate of drug-likeness (QED) is 0.298. The summed E-state index contributed by atoms with van der Waals surface area (Å²) in [7, 11) is 0. The van der Waals surface area contributed by atoms with Crippen LogP contribution in [0.4, 0.5) is 0 Å². The van der Waals surface area contributed by atoms with Crippen molar-refractivity contribution in [3.05, 3.63) is 58.9 Å².